The standard InChI is InChI=1S/C19H16F3N3O2/c20-19(21,22)13-27-17-8-6-16(7-9-17)24-18(26)15-4-2-14(3-5-15)12-25-11-1-10-23-25/h1-11H,12-13H2,(H,24,26). The minimum absolute atomic E-state index is 0.0771. The Balaban J connectivity index is 1.56. The summed E-state index contributed by atoms with van der Waals surface area (Å²) in [6.07, 6.45) is -0.847. The highest BCUT2D eigenvalue weighted by Crippen LogP contribution is 2.20. The molecule has 140 valence electrons. The molecule has 1 aromatic heterocycles. The van der Waals surface area contributed by atoms with Crippen LogP contribution in [0.1, 0.15) is 15.9 Å². The topological polar surface area (TPSA) is 56.1 Å². The monoisotopic (exact) mass is 375 g/mol. The summed E-state index contributed by atoms with van der Waals surface area (Å²) in [5, 5.41) is 6.81. The predicted octanol–water partition coefficient (Wildman–Crippen LogP) is 4.12. The van der Waals surface area contributed by atoms with Gasteiger partial charge in [-0.25, -0.2) is 0 Å². The minimum atomic E-state index is -4.39. The number of ether oxygens (including phenoxy) is 1. The summed E-state index contributed by atoms with van der Waals surface area (Å²) in [7, 11) is 0. The SMILES string of the molecule is O=C(Nc1ccc(OCC(F)(F)F)cc1)c1ccc(Cn2cccn2)cc1. The van der Waals surface area contributed by atoms with Gasteiger partial charge in [0.15, 0.2) is 6.61 Å². The van der Waals surface area contributed by atoms with Gasteiger partial charge in [0.25, 0.3) is 5.91 Å². The normalized spacial score (nSPS) is 11.2. The molecule has 3 aromatic rings. The van der Waals surface area contributed by atoms with E-state index in [4.69, 9.17) is 0 Å². The smallest absolute Gasteiger partial charge is 0.422 e. The zero-order chi connectivity index (χ0) is 19.3. The van der Waals surface area contributed by atoms with E-state index in [1.54, 1.807) is 23.0 Å². The van der Waals surface area contributed by atoms with Crippen LogP contribution >= 0.6 is 0 Å². The lowest BCUT2D eigenvalue weighted by atomic mass is 10.1. The van der Waals surface area contributed by atoms with Crippen LogP contribution in [0.25, 0.3) is 0 Å². The highest BCUT2D eigenvalue weighted by Gasteiger charge is 2.28. The molecule has 0 atom stereocenters. The number of rotatable bonds is 6. The molecule has 1 N–H and O–H groups in total. The first-order chi connectivity index (χ1) is 12.9. The lowest BCUT2D eigenvalue weighted by Crippen LogP contribution is -2.19. The average molecular weight is 375 g/mol. The van der Waals surface area contributed by atoms with Crippen molar-refractivity contribution in [3.63, 3.8) is 0 Å². The van der Waals surface area contributed by atoms with Gasteiger partial charge in [0.1, 0.15) is 5.75 Å². The van der Waals surface area contributed by atoms with Gasteiger partial charge in [-0.05, 0) is 48.0 Å². The number of aromatic nitrogens is 2. The molecule has 27 heavy (non-hydrogen) atoms. The first-order valence-electron chi connectivity index (χ1n) is 8.06. The van der Waals surface area contributed by atoms with Gasteiger partial charge >= 0.3 is 6.18 Å². The summed E-state index contributed by atoms with van der Waals surface area (Å²) in [5.41, 5.74) is 1.93. The minimum Gasteiger partial charge on any atom is -0.484 e. The second-order valence-corrected chi connectivity index (χ2v) is 5.78. The van der Waals surface area contributed by atoms with Gasteiger partial charge in [0, 0.05) is 23.6 Å². The Morgan fingerprint density at radius 2 is 1.78 bits per heavy atom. The number of carbonyl (C=O) groups is 1. The molecule has 1 heterocycles. The van der Waals surface area contributed by atoms with Crippen molar-refractivity contribution in [2.75, 3.05) is 11.9 Å². The van der Waals surface area contributed by atoms with Crippen LogP contribution in [0, 0.1) is 0 Å². The molecule has 8 heteroatoms. The Kier molecular flexibility index (Phi) is 5.44. The molecule has 0 bridgehead atoms. The summed E-state index contributed by atoms with van der Waals surface area (Å²) < 4.78 is 42.8. The Bertz CT molecular complexity index is 874. The number of hydrogen-bond acceptors (Lipinski definition) is 3. The van der Waals surface area contributed by atoms with E-state index in [9.17, 15) is 18.0 Å². The number of nitrogens with zero attached hydrogens (tertiary/aromatic N) is 2. The fourth-order valence-electron chi connectivity index (χ4n) is 2.35. The summed E-state index contributed by atoms with van der Waals surface area (Å²) in [6, 6.07) is 14.6. The summed E-state index contributed by atoms with van der Waals surface area (Å²) in [6.45, 7) is -0.752. The van der Waals surface area contributed by atoms with Gasteiger partial charge in [-0.2, -0.15) is 18.3 Å². The van der Waals surface area contributed by atoms with Crippen LogP contribution in [-0.4, -0.2) is 28.5 Å². The fraction of sp³-hybridized carbons (Fsp3) is 0.158. The third-order valence-corrected chi connectivity index (χ3v) is 3.63. The second kappa shape index (κ2) is 7.94. The fourth-order valence-corrected chi connectivity index (χ4v) is 2.35. The van der Waals surface area contributed by atoms with Crippen LogP contribution in [0.5, 0.6) is 5.75 Å². The summed E-state index contributed by atoms with van der Waals surface area (Å²) in [5.74, 6) is -0.238. The lowest BCUT2D eigenvalue weighted by Gasteiger charge is -2.10. The molecule has 0 unspecified atom stereocenters. The Hall–Kier alpha value is -3.29. The van der Waals surface area contributed by atoms with E-state index in [0.29, 0.717) is 17.8 Å². The van der Waals surface area contributed by atoms with E-state index in [1.165, 1.54) is 24.3 Å². The zero-order valence-electron chi connectivity index (χ0n) is 14.1. The molecular formula is C19H16F3N3O2. The average Bonchev–Trinajstić information content (AvgIpc) is 3.14. The van der Waals surface area contributed by atoms with Gasteiger partial charge in [0.05, 0.1) is 6.54 Å². The summed E-state index contributed by atoms with van der Waals surface area (Å²) in [4.78, 5) is 12.3. The number of alkyl halides is 3. The van der Waals surface area contributed by atoms with E-state index in [-0.39, 0.29) is 11.7 Å². The first kappa shape index (κ1) is 18.5. The van der Waals surface area contributed by atoms with Crippen molar-refractivity contribution in [2.24, 2.45) is 0 Å². The van der Waals surface area contributed by atoms with Gasteiger partial charge < -0.3 is 10.1 Å². The number of carbonyl (C=O) groups excluding carboxylic acids is 1. The number of anilines is 1. The van der Waals surface area contributed by atoms with E-state index in [0.717, 1.165) is 5.56 Å². The van der Waals surface area contributed by atoms with Gasteiger partial charge in [-0.3, -0.25) is 9.48 Å². The van der Waals surface area contributed by atoms with Crippen molar-refractivity contribution >= 4 is 11.6 Å². The van der Waals surface area contributed by atoms with Gasteiger partial charge in [-0.15, -0.1) is 0 Å². The number of benzene rings is 2. The molecule has 3 rings (SSSR count). The molecule has 0 aliphatic heterocycles. The van der Waals surface area contributed by atoms with Crippen molar-refractivity contribution < 1.29 is 22.7 Å². The second-order valence-electron chi connectivity index (χ2n) is 5.78. The van der Waals surface area contributed by atoms with Crippen LogP contribution in [0.3, 0.4) is 0 Å². The predicted molar refractivity (Wildman–Crippen MR) is 93.7 cm³/mol. The van der Waals surface area contributed by atoms with Crippen LogP contribution in [0.2, 0.25) is 0 Å². The number of halogens is 3. The maximum atomic E-state index is 12.3. The van der Waals surface area contributed by atoms with Crippen molar-refractivity contribution in [1.82, 2.24) is 9.78 Å². The molecule has 2 aromatic carbocycles. The Morgan fingerprint density at radius 1 is 1.07 bits per heavy atom. The Labute approximate surface area is 153 Å². The van der Waals surface area contributed by atoms with Crippen molar-refractivity contribution in [3.05, 3.63) is 78.1 Å². The van der Waals surface area contributed by atoms with Crippen molar-refractivity contribution in [2.45, 2.75) is 12.7 Å². The van der Waals surface area contributed by atoms with E-state index < -0.39 is 12.8 Å². The highest BCUT2D eigenvalue weighted by atomic mass is 19.4. The van der Waals surface area contributed by atoms with E-state index in [2.05, 4.69) is 15.2 Å². The first-order valence-corrected chi connectivity index (χ1v) is 8.06. The van der Waals surface area contributed by atoms with Crippen molar-refractivity contribution in [3.8, 4) is 5.75 Å². The molecule has 1 amide bonds. The van der Waals surface area contributed by atoms with Gasteiger partial charge in [-0.1, -0.05) is 12.1 Å². The molecule has 0 radical (unpaired) electrons. The van der Waals surface area contributed by atoms with Crippen molar-refractivity contribution in [1.29, 1.82) is 0 Å². The number of amides is 1. The molecule has 0 fully saturated rings. The molecule has 5 nitrogen and oxygen atoms in total. The van der Waals surface area contributed by atoms with Crippen LogP contribution in [0.15, 0.2) is 67.0 Å². The zero-order valence-corrected chi connectivity index (χ0v) is 14.1. The third-order valence-electron chi connectivity index (χ3n) is 3.63. The molecule has 0 saturated heterocycles. The number of hydrogen-bond donors (Lipinski definition) is 1. The van der Waals surface area contributed by atoms with Crippen LogP contribution in [-0.2, 0) is 6.54 Å². The maximum Gasteiger partial charge on any atom is 0.422 e. The lowest BCUT2D eigenvalue weighted by molar-refractivity contribution is -0.153. The Morgan fingerprint density at radius 3 is 2.37 bits per heavy atom. The van der Waals surface area contributed by atoms with Crippen LogP contribution < -0.4 is 10.1 Å². The van der Waals surface area contributed by atoms with E-state index >= 15 is 0 Å². The van der Waals surface area contributed by atoms with Crippen LogP contribution in [0.4, 0.5) is 18.9 Å². The van der Waals surface area contributed by atoms with Gasteiger partial charge in [0.2, 0.25) is 0 Å². The highest BCUT2D eigenvalue weighted by molar-refractivity contribution is 6.04. The maximum absolute atomic E-state index is 12.3. The summed E-state index contributed by atoms with van der Waals surface area (Å²) >= 11 is 0. The molecule has 0 saturated carbocycles. The largest absolute Gasteiger partial charge is 0.484 e. The molecule has 0 spiro atoms. The molecule has 0 aliphatic carbocycles. The quantitative estimate of drug-likeness (QED) is 0.705. The van der Waals surface area contributed by atoms with E-state index in [1.807, 2.05) is 24.4 Å². The molecule has 0 aliphatic rings. The third kappa shape index (κ3) is 5.60. The molecular weight excluding hydrogens is 359 g/mol. The number of nitrogens with one attached hydrogen (secondary N) is 1.